The van der Waals surface area contributed by atoms with E-state index in [0.717, 1.165) is 0 Å². The lowest BCUT2D eigenvalue weighted by Crippen LogP contribution is -2.55. The molecule has 0 amide bonds. The van der Waals surface area contributed by atoms with Gasteiger partial charge in [0.15, 0.2) is 0 Å². The van der Waals surface area contributed by atoms with Gasteiger partial charge in [0.05, 0.1) is 13.2 Å². The molecule has 1 fully saturated rings. The van der Waals surface area contributed by atoms with Gasteiger partial charge in [0.2, 0.25) is 0 Å². The van der Waals surface area contributed by atoms with Crippen molar-refractivity contribution in [3.63, 3.8) is 0 Å². The maximum absolute atomic E-state index is 6.45. The van der Waals surface area contributed by atoms with Crippen molar-refractivity contribution in [1.82, 2.24) is 0 Å². The van der Waals surface area contributed by atoms with Crippen molar-refractivity contribution in [3.05, 3.63) is 34.9 Å². The fraction of sp³-hybridized carbons (Fsp3) is 0.625. The Morgan fingerprint density at radius 2 is 1.95 bits per heavy atom. The Morgan fingerprint density at radius 3 is 2.32 bits per heavy atom. The summed E-state index contributed by atoms with van der Waals surface area (Å²) in [5.41, 5.74) is 16.2. The third-order valence-corrected chi connectivity index (χ3v) is 4.32. The van der Waals surface area contributed by atoms with Gasteiger partial charge in [-0.1, -0.05) is 39.0 Å². The highest BCUT2D eigenvalue weighted by molar-refractivity contribution is 5.37. The van der Waals surface area contributed by atoms with Crippen LogP contribution < -0.4 is 11.5 Å². The zero-order valence-electron chi connectivity index (χ0n) is 12.5. The van der Waals surface area contributed by atoms with Gasteiger partial charge < -0.3 is 16.2 Å². The molecule has 2 rings (SSSR count). The highest BCUT2D eigenvalue weighted by Gasteiger charge is 2.44. The molecule has 0 saturated carbocycles. The van der Waals surface area contributed by atoms with Crippen molar-refractivity contribution < 1.29 is 4.74 Å². The van der Waals surface area contributed by atoms with Crippen molar-refractivity contribution in [2.75, 3.05) is 19.8 Å². The Bertz CT molecular complexity index is 453. The van der Waals surface area contributed by atoms with E-state index in [-0.39, 0.29) is 16.9 Å². The Hall–Kier alpha value is -0.900. The van der Waals surface area contributed by atoms with E-state index in [1.807, 2.05) is 0 Å². The Kier molecular flexibility index (Phi) is 3.74. The van der Waals surface area contributed by atoms with Crippen molar-refractivity contribution in [2.24, 2.45) is 16.9 Å². The zero-order chi connectivity index (χ0) is 14.3. The summed E-state index contributed by atoms with van der Waals surface area (Å²) in [5, 5.41) is 0. The number of ether oxygens (including phenoxy) is 1. The predicted molar refractivity (Wildman–Crippen MR) is 79.1 cm³/mol. The molecule has 0 radical (unpaired) electrons. The average molecular weight is 262 g/mol. The average Bonchev–Trinajstić information content (AvgIpc) is 2.26. The van der Waals surface area contributed by atoms with Crippen molar-refractivity contribution in [2.45, 2.75) is 39.2 Å². The standard InChI is InChI=1S/C16H26N2O/c1-11-7-12(15(2,3)4)5-6-13(11)14(18)16(8-17)9-19-10-16/h5-7,14H,8-10,17-18H2,1-4H3. The Balaban J connectivity index is 2.31. The molecule has 4 N–H and O–H groups in total. The van der Waals surface area contributed by atoms with E-state index in [0.29, 0.717) is 19.8 Å². The first kappa shape index (κ1) is 14.5. The minimum absolute atomic E-state index is 0.0414. The fourth-order valence-corrected chi connectivity index (χ4v) is 2.61. The van der Waals surface area contributed by atoms with Gasteiger partial charge in [-0.05, 0) is 29.0 Å². The molecule has 0 aromatic heterocycles. The van der Waals surface area contributed by atoms with Crippen LogP contribution in [0.25, 0.3) is 0 Å². The van der Waals surface area contributed by atoms with Crippen LogP contribution in [0.4, 0.5) is 0 Å². The number of rotatable bonds is 3. The van der Waals surface area contributed by atoms with Crippen molar-refractivity contribution >= 4 is 0 Å². The normalized spacial score (nSPS) is 19.9. The Labute approximate surface area is 116 Å². The molecule has 1 aromatic carbocycles. The summed E-state index contributed by atoms with van der Waals surface area (Å²) < 4.78 is 5.33. The van der Waals surface area contributed by atoms with Crippen LogP contribution in [-0.4, -0.2) is 19.8 Å². The molecule has 0 spiro atoms. The first-order valence-corrected chi connectivity index (χ1v) is 6.94. The highest BCUT2D eigenvalue weighted by atomic mass is 16.5. The van der Waals surface area contributed by atoms with Crippen molar-refractivity contribution in [1.29, 1.82) is 0 Å². The molecule has 1 heterocycles. The molecule has 3 nitrogen and oxygen atoms in total. The van der Waals surface area contributed by atoms with Gasteiger partial charge in [-0.2, -0.15) is 0 Å². The largest absolute Gasteiger partial charge is 0.380 e. The van der Waals surface area contributed by atoms with Crippen LogP contribution in [0.1, 0.15) is 43.5 Å². The van der Waals surface area contributed by atoms with E-state index in [9.17, 15) is 0 Å². The molecule has 0 bridgehead atoms. The van der Waals surface area contributed by atoms with Crippen LogP contribution in [0.2, 0.25) is 0 Å². The van der Waals surface area contributed by atoms with Crippen LogP contribution in [0.3, 0.4) is 0 Å². The van der Waals surface area contributed by atoms with Gasteiger partial charge in [0, 0.05) is 18.0 Å². The summed E-state index contributed by atoms with van der Waals surface area (Å²) in [6.07, 6.45) is 0. The van der Waals surface area contributed by atoms with E-state index in [4.69, 9.17) is 16.2 Å². The van der Waals surface area contributed by atoms with E-state index < -0.39 is 0 Å². The second-order valence-electron chi connectivity index (χ2n) is 6.86. The third kappa shape index (κ3) is 2.55. The van der Waals surface area contributed by atoms with Gasteiger partial charge in [-0.15, -0.1) is 0 Å². The van der Waals surface area contributed by atoms with Crippen LogP contribution in [0, 0.1) is 12.3 Å². The summed E-state index contributed by atoms with van der Waals surface area (Å²) in [6.45, 7) is 10.7. The smallest absolute Gasteiger partial charge is 0.0575 e. The highest BCUT2D eigenvalue weighted by Crippen LogP contribution is 2.39. The molecule has 1 unspecified atom stereocenters. The molecule has 106 valence electrons. The summed E-state index contributed by atoms with van der Waals surface area (Å²) in [4.78, 5) is 0. The molecule has 1 aliphatic heterocycles. The lowest BCUT2D eigenvalue weighted by Gasteiger charge is -2.45. The van der Waals surface area contributed by atoms with Crippen LogP contribution in [-0.2, 0) is 10.2 Å². The lowest BCUT2D eigenvalue weighted by molar-refractivity contribution is -0.121. The minimum Gasteiger partial charge on any atom is -0.380 e. The molecule has 0 aliphatic carbocycles. The Morgan fingerprint density at radius 1 is 1.32 bits per heavy atom. The van der Waals surface area contributed by atoms with E-state index >= 15 is 0 Å². The molecule has 1 saturated heterocycles. The van der Waals surface area contributed by atoms with Gasteiger partial charge in [-0.25, -0.2) is 0 Å². The van der Waals surface area contributed by atoms with E-state index in [2.05, 4.69) is 45.9 Å². The van der Waals surface area contributed by atoms with Gasteiger partial charge in [0.25, 0.3) is 0 Å². The molecular formula is C16H26N2O. The number of hydrogen-bond donors (Lipinski definition) is 2. The fourth-order valence-electron chi connectivity index (χ4n) is 2.61. The number of aryl methyl sites for hydroxylation is 1. The maximum atomic E-state index is 6.45. The van der Waals surface area contributed by atoms with Crippen molar-refractivity contribution in [3.8, 4) is 0 Å². The molecule has 1 aromatic rings. The SMILES string of the molecule is Cc1cc(C(C)(C)C)ccc1C(N)C1(CN)COC1. The quantitative estimate of drug-likeness (QED) is 0.878. The number of benzene rings is 1. The second-order valence-corrected chi connectivity index (χ2v) is 6.86. The first-order valence-electron chi connectivity index (χ1n) is 6.94. The van der Waals surface area contributed by atoms with Gasteiger partial charge >= 0.3 is 0 Å². The molecule has 1 atom stereocenters. The van der Waals surface area contributed by atoms with E-state index in [1.54, 1.807) is 0 Å². The van der Waals surface area contributed by atoms with Crippen LogP contribution >= 0.6 is 0 Å². The monoisotopic (exact) mass is 262 g/mol. The number of hydrogen-bond acceptors (Lipinski definition) is 3. The molecular weight excluding hydrogens is 236 g/mol. The maximum Gasteiger partial charge on any atom is 0.0575 e. The second kappa shape index (κ2) is 4.89. The van der Waals surface area contributed by atoms with Crippen LogP contribution in [0.15, 0.2) is 18.2 Å². The summed E-state index contributed by atoms with van der Waals surface area (Å²) >= 11 is 0. The van der Waals surface area contributed by atoms with E-state index in [1.165, 1.54) is 16.7 Å². The van der Waals surface area contributed by atoms with Crippen LogP contribution in [0.5, 0.6) is 0 Å². The topological polar surface area (TPSA) is 61.3 Å². The molecule has 1 aliphatic rings. The summed E-state index contributed by atoms with van der Waals surface area (Å²) in [6, 6.07) is 6.56. The van der Waals surface area contributed by atoms with Gasteiger partial charge in [0.1, 0.15) is 0 Å². The minimum atomic E-state index is -0.0754. The number of nitrogens with two attached hydrogens (primary N) is 2. The van der Waals surface area contributed by atoms with Gasteiger partial charge in [-0.3, -0.25) is 0 Å². The summed E-state index contributed by atoms with van der Waals surface area (Å²) in [7, 11) is 0. The molecule has 19 heavy (non-hydrogen) atoms. The predicted octanol–water partition coefficient (Wildman–Crippen LogP) is 2.27. The third-order valence-electron chi connectivity index (χ3n) is 4.32. The lowest BCUT2D eigenvalue weighted by atomic mass is 9.74. The molecule has 3 heteroatoms. The summed E-state index contributed by atoms with van der Waals surface area (Å²) in [5.74, 6) is 0. The first-order chi connectivity index (χ1) is 8.80. The zero-order valence-corrected chi connectivity index (χ0v) is 12.5.